The predicted molar refractivity (Wildman–Crippen MR) is 95.1 cm³/mol. The van der Waals surface area contributed by atoms with Crippen molar-refractivity contribution in [3.63, 3.8) is 0 Å². The summed E-state index contributed by atoms with van der Waals surface area (Å²) >= 11 is 0. The molecule has 1 N–H and O–H groups in total. The molecule has 0 spiro atoms. The molecule has 0 radical (unpaired) electrons. The molecule has 0 aliphatic carbocycles. The van der Waals surface area contributed by atoms with Crippen molar-refractivity contribution in [3.8, 4) is 5.75 Å². The number of rotatable bonds is 6. The van der Waals surface area contributed by atoms with E-state index in [1.165, 1.54) is 6.07 Å². The number of hydrogen-bond acceptors (Lipinski definition) is 5. The second-order valence-electron chi connectivity index (χ2n) is 5.35. The highest BCUT2D eigenvalue weighted by Crippen LogP contribution is 2.19. The maximum absolute atomic E-state index is 12.1. The number of nitrogens with one attached hydrogen (secondary N) is 1. The molecule has 0 atom stereocenters. The van der Waals surface area contributed by atoms with Crippen LogP contribution in [0.2, 0.25) is 0 Å². The highest BCUT2D eigenvalue weighted by Gasteiger charge is 2.12. The Kier molecular flexibility index (Phi) is 5.84. The van der Waals surface area contributed by atoms with Gasteiger partial charge in [-0.15, -0.1) is 0 Å². The van der Waals surface area contributed by atoms with Crippen LogP contribution in [-0.2, 0) is 0 Å². The molecular weight excluding hydrogens is 322 g/mol. The molecular formula is C18H19N3O4. The van der Waals surface area contributed by atoms with E-state index in [9.17, 15) is 14.9 Å². The zero-order chi connectivity index (χ0) is 18.4. The van der Waals surface area contributed by atoms with Crippen LogP contribution in [0.15, 0.2) is 47.6 Å². The topological polar surface area (TPSA) is 93.8 Å². The van der Waals surface area contributed by atoms with Crippen molar-refractivity contribution < 1.29 is 14.5 Å². The average Bonchev–Trinajstić information content (AvgIpc) is 2.60. The van der Waals surface area contributed by atoms with Crippen molar-refractivity contribution in [2.75, 3.05) is 6.61 Å². The molecule has 25 heavy (non-hydrogen) atoms. The Balaban J connectivity index is 2.11. The van der Waals surface area contributed by atoms with Crippen LogP contribution < -0.4 is 10.2 Å². The van der Waals surface area contributed by atoms with Crippen molar-refractivity contribution in [3.05, 3.63) is 69.3 Å². The number of carbonyl (C=O) groups is 1. The summed E-state index contributed by atoms with van der Waals surface area (Å²) in [6, 6.07) is 11.5. The minimum atomic E-state index is -0.440. The molecule has 2 aromatic carbocycles. The van der Waals surface area contributed by atoms with Crippen LogP contribution in [0.3, 0.4) is 0 Å². The fourth-order valence-electron chi connectivity index (χ4n) is 2.16. The van der Waals surface area contributed by atoms with Crippen LogP contribution in [0.4, 0.5) is 5.69 Å². The van der Waals surface area contributed by atoms with E-state index in [0.29, 0.717) is 34.8 Å². The van der Waals surface area contributed by atoms with Crippen molar-refractivity contribution in [1.82, 2.24) is 5.43 Å². The Morgan fingerprint density at radius 2 is 1.84 bits per heavy atom. The van der Waals surface area contributed by atoms with Gasteiger partial charge in [0.15, 0.2) is 0 Å². The van der Waals surface area contributed by atoms with Gasteiger partial charge < -0.3 is 4.74 Å². The molecule has 2 rings (SSSR count). The van der Waals surface area contributed by atoms with Gasteiger partial charge in [-0.05, 0) is 45.0 Å². The number of ether oxygens (including phenoxy) is 1. The molecule has 0 aliphatic rings. The van der Waals surface area contributed by atoms with Gasteiger partial charge in [0.25, 0.3) is 11.6 Å². The number of hydrogen-bond donors (Lipinski definition) is 1. The summed E-state index contributed by atoms with van der Waals surface area (Å²) in [6.07, 6.45) is 0. The van der Waals surface area contributed by atoms with Gasteiger partial charge in [-0.3, -0.25) is 14.9 Å². The number of nitro groups is 1. The van der Waals surface area contributed by atoms with Crippen molar-refractivity contribution in [2.45, 2.75) is 20.8 Å². The Hall–Kier alpha value is -3.22. The number of carbonyl (C=O) groups excluding carboxylic acids is 1. The lowest BCUT2D eigenvalue weighted by molar-refractivity contribution is -0.385. The monoisotopic (exact) mass is 341 g/mol. The van der Waals surface area contributed by atoms with Gasteiger partial charge in [0, 0.05) is 22.8 Å². The maximum Gasteiger partial charge on any atom is 0.272 e. The quantitative estimate of drug-likeness (QED) is 0.494. The van der Waals surface area contributed by atoms with E-state index in [0.717, 1.165) is 0 Å². The molecule has 0 saturated heterocycles. The molecule has 0 heterocycles. The van der Waals surface area contributed by atoms with Crippen LogP contribution in [0, 0.1) is 17.0 Å². The third kappa shape index (κ3) is 4.63. The van der Waals surface area contributed by atoms with Crippen LogP contribution in [0.25, 0.3) is 0 Å². The first-order valence-electron chi connectivity index (χ1n) is 7.75. The van der Waals surface area contributed by atoms with E-state index in [2.05, 4.69) is 10.5 Å². The van der Waals surface area contributed by atoms with Gasteiger partial charge in [-0.1, -0.05) is 12.1 Å². The highest BCUT2D eigenvalue weighted by atomic mass is 16.6. The van der Waals surface area contributed by atoms with Gasteiger partial charge in [-0.25, -0.2) is 5.43 Å². The molecule has 1 amide bonds. The van der Waals surface area contributed by atoms with E-state index in [1.807, 2.05) is 6.92 Å². The summed E-state index contributed by atoms with van der Waals surface area (Å²) in [5.41, 5.74) is 4.53. The third-order valence-corrected chi connectivity index (χ3v) is 3.58. The van der Waals surface area contributed by atoms with Gasteiger partial charge in [0.1, 0.15) is 5.75 Å². The second-order valence-corrected chi connectivity index (χ2v) is 5.35. The molecule has 0 saturated carbocycles. The molecule has 0 aromatic heterocycles. The SMILES string of the molecule is CCOc1ccc(C(=O)N/N=C(/C)c2ccc(C)c([N+](=O)[O-])c2)cc1. The number of nitrogens with zero attached hydrogens (tertiary/aromatic N) is 2. The normalized spacial score (nSPS) is 11.1. The fourth-order valence-corrected chi connectivity index (χ4v) is 2.16. The zero-order valence-electron chi connectivity index (χ0n) is 14.3. The Labute approximate surface area is 145 Å². The number of hydrazone groups is 1. The Morgan fingerprint density at radius 3 is 2.44 bits per heavy atom. The average molecular weight is 341 g/mol. The van der Waals surface area contributed by atoms with Crippen LogP contribution in [0.1, 0.15) is 35.3 Å². The van der Waals surface area contributed by atoms with Gasteiger partial charge in [-0.2, -0.15) is 5.10 Å². The van der Waals surface area contributed by atoms with E-state index >= 15 is 0 Å². The number of amides is 1. The smallest absolute Gasteiger partial charge is 0.272 e. The molecule has 0 unspecified atom stereocenters. The van der Waals surface area contributed by atoms with Crippen LogP contribution in [-0.4, -0.2) is 23.1 Å². The second kappa shape index (κ2) is 8.05. The van der Waals surface area contributed by atoms with Crippen LogP contribution in [0.5, 0.6) is 5.75 Å². The molecule has 7 nitrogen and oxygen atoms in total. The third-order valence-electron chi connectivity index (χ3n) is 3.58. The summed E-state index contributed by atoms with van der Waals surface area (Å²) in [5, 5.41) is 15.0. The zero-order valence-corrected chi connectivity index (χ0v) is 14.3. The van der Waals surface area contributed by atoms with E-state index in [-0.39, 0.29) is 11.6 Å². The van der Waals surface area contributed by atoms with Crippen molar-refractivity contribution in [1.29, 1.82) is 0 Å². The summed E-state index contributed by atoms with van der Waals surface area (Å²) in [5.74, 6) is 0.315. The largest absolute Gasteiger partial charge is 0.494 e. The molecule has 7 heteroatoms. The minimum absolute atomic E-state index is 0.0184. The summed E-state index contributed by atoms with van der Waals surface area (Å²) in [4.78, 5) is 22.7. The number of nitro benzene ring substituents is 1. The highest BCUT2D eigenvalue weighted by molar-refractivity contribution is 6.01. The van der Waals surface area contributed by atoms with Gasteiger partial charge in [0.05, 0.1) is 17.2 Å². The van der Waals surface area contributed by atoms with Gasteiger partial charge >= 0.3 is 0 Å². The lowest BCUT2D eigenvalue weighted by atomic mass is 10.1. The van der Waals surface area contributed by atoms with E-state index in [1.54, 1.807) is 50.2 Å². The predicted octanol–water partition coefficient (Wildman–Crippen LogP) is 3.46. The summed E-state index contributed by atoms with van der Waals surface area (Å²) in [6.45, 7) is 5.78. The van der Waals surface area contributed by atoms with E-state index < -0.39 is 4.92 Å². The van der Waals surface area contributed by atoms with Crippen molar-refractivity contribution >= 4 is 17.3 Å². The first kappa shape index (κ1) is 18.1. The fraction of sp³-hybridized carbons (Fsp3) is 0.222. The Morgan fingerprint density at radius 1 is 1.20 bits per heavy atom. The molecule has 0 fully saturated rings. The molecule has 0 aliphatic heterocycles. The molecule has 130 valence electrons. The van der Waals surface area contributed by atoms with Crippen LogP contribution >= 0.6 is 0 Å². The lowest BCUT2D eigenvalue weighted by Gasteiger charge is -2.06. The number of aryl methyl sites for hydroxylation is 1. The maximum atomic E-state index is 12.1. The van der Waals surface area contributed by atoms with E-state index in [4.69, 9.17) is 4.74 Å². The summed E-state index contributed by atoms with van der Waals surface area (Å²) < 4.78 is 5.32. The lowest BCUT2D eigenvalue weighted by Crippen LogP contribution is -2.19. The Bertz CT molecular complexity index is 814. The van der Waals surface area contributed by atoms with Crippen molar-refractivity contribution in [2.24, 2.45) is 5.10 Å². The number of benzene rings is 2. The molecule has 2 aromatic rings. The molecule has 0 bridgehead atoms. The summed E-state index contributed by atoms with van der Waals surface area (Å²) in [7, 11) is 0. The minimum Gasteiger partial charge on any atom is -0.494 e. The first-order valence-corrected chi connectivity index (χ1v) is 7.75. The standard InChI is InChI=1S/C18H19N3O4/c1-4-25-16-9-7-14(8-10-16)18(22)20-19-13(3)15-6-5-12(2)17(11-15)21(23)24/h5-11H,4H2,1-3H3,(H,20,22)/b19-13-. The van der Waals surface area contributed by atoms with Gasteiger partial charge in [0.2, 0.25) is 0 Å². The first-order chi connectivity index (χ1) is 11.9.